The molecule has 0 radical (unpaired) electrons. The number of rotatable bonds is 8. The van der Waals surface area contributed by atoms with Crippen LogP contribution in [-0.2, 0) is 16.1 Å². The van der Waals surface area contributed by atoms with Crippen molar-refractivity contribution in [2.24, 2.45) is 0 Å². The van der Waals surface area contributed by atoms with Crippen LogP contribution in [0.2, 0.25) is 0 Å². The summed E-state index contributed by atoms with van der Waals surface area (Å²) in [5.41, 5.74) is 2.35. The summed E-state index contributed by atoms with van der Waals surface area (Å²) < 4.78 is 17.8. The third-order valence-corrected chi connectivity index (χ3v) is 7.13. The van der Waals surface area contributed by atoms with Crippen LogP contribution in [0.25, 0.3) is 11.7 Å². The normalized spacial score (nSPS) is 15.9. The summed E-state index contributed by atoms with van der Waals surface area (Å²) in [5.74, 6) is 1.47. The minimum Gasteiger partial charge on any atom is -0.454 e. The molecule has 1 saturated heterocycles. The van der Waals surface area contributed by atoms with Crippen LogP contribution in [0.15, 0.2) is 46.2 Å². The van der Waals surface area contributed by atoms with Crippen molar-refractivity contribution in [1.82, 2.24) is 14.3 Å². The van der Waals surface area contributed by atoms with Gasteiger partial charge in [0, 0.05) is 26.5 Å². The molecule has 0 unspecified atom stereocenters. The molecule has 0 saturated carbocycles. The first kappa shape index (κ1) is 24.3. The van der Waals surface area contributed by atoms with E-state index in [0.717, 1.165) is 17.5 Å². The molecule has 1 N–H and O–H groups in total. The maximum Gasteiger partial charge on any atom is 0.267 e. The van der Waals surface area contributed by atoms with Gasteiger partial charge in [-0.05, 0) is 48.7 Å². The highest BCUT2D eigenvalue weighted by atomic mass is 32.2. The molecule has 0 spiro atoms. The Hall–Kier alpha value is -3.41. The van der Waals surface area contributed by atoms with Gasteiger partial charge in [-0.15, -0.1) is 0 Å². The van der Waals surface area contributed by atoms with E-state index in [9.17, 15) is 9.59 Å². The molecule has 1 fully saturated rings. The topological polar surface area (TPSA) is 94.4 Å². The molecule has 0 atom stereocenters. The third kappa shape index (κ3) is 4.81. The molecule has 2 aliphatic heterocycles. The number of hydrogen-bond acceptors (Lipinski definition) is 9. The zero-order valence-electron chi connectivity index (χ0n) is 19.8. The van der Waals surface area contributed by atoms with E-state index in [2.05, 4.69) is 10.3 Å². The summed E-state index contributed by atoms with van der Waals surface area (Å²) >= 11 is 6.68. The zero-order valence-corrected chi connectivity index (χ0v) is 21.4. The highest BCUT2D eigenvalue weighted by molar-refractivity contribution is 8.26. The molecule has 9 nitrogen and oxygen atoms in total. The van der Waals surface area contributed by atoms with Gasteiger partial charge in [-0.1, -0.05) is 36.1 Å². The van der Waals surface area contributed by atoms with Gasteiger partial charge in [-0.3, -0.25) is 18.9 Å². The molecule has 1 amide bonds. The standard InChI is InChI=1S/C25H24N4O5S2/c1-15-4-7-21-27-22(26-8-3-9-32-2)17(23(30)28(21)12-15)11-20-24(31)29(25(35)36-20)13-16-5-6-18-19(10-16)34-14-33-18/h4-7,10-12,26H,3,8-9,13-14H2,1-2H3/b20-11+. The van der Waals surface area contributed by atoms with Crippen molar-refractivity contribution in [3.05, 3.63) is 68.5 Å². The summed E-state index contributed by atoms with van der Waals surface area (Å²) in [4.78, 5) is 33.3. The molecule has 3 aromatic rings. The van der Waals surface area contributed by atoms with Crippen molar-refractivity contribution in [1.29, 1.82) is 0 Å². The Morgan fingerprint density at radius 2 is 2.06 bits per heavy atom. The number of thioether (sulfide) groups is 1. The van der Waals surface area contributed by atoms with Crippen molar-refractivity contribution < 1.29 is 19.0 Å². The van der Waals surface area contributed by atoms with Crippen LogP contribution in [0, 0.1) is 6.92 Å². The first-order valence-corrected chi connectivity index (χ1v) is 12.6. The number of carbonyl (C=O) groups excluding carboxylic acids is 1. The molecule has 2 aliphatic rings. The van der Waals surface area contributed by atoms with Crippen LogP contribution >= 0.6 is 24.0 Å². The fourth-order valence-corrected chi connectivity index (χ4v) is 5.17. The lowest BCUT2D eigenvalue weighted by Crippen LogP contribution is -2.27. The summed E-state index contributed by atoms with van der Waals surface area (Å²) in [6, 6.07) is 9.23. The molecule has 11 heteroatoms. The molecule has 5 rings (SSSR count). The average molecular weight is 525 g/mol. The smallest absolute Gasteiger partial charge is 0.267 e. The van der Waals surface area contributed by atoms with Gasteiger partial charge in [0.25, 0.3) is 11.5 Å². The van der Waals surface area contributed by atoms with Gasteiger partial charge < -0.3 is 19.5 Å². The number of methoxy groups -OCH3 is 1. The number of carbonyl (C=O) groups is 1. The number of anilines is 1. The molecular formula is C25H24N4O5S2. The van der Waals surface area contributed by atoms with Crippen LogP contribution in [0.3, 0.4) is 0 Å². The fourth-order valence-electron chi connectivity index (χ4n) is 3.94. The number of amides is 1. The lowest BCUT2D eigenvalue weighted by Gasteiger charge is -2.15. The minimum atomic E-state index is -0.265. The van der Waals surface area contributed by atoms with Crippen LogP contribution in [0.4, 0.5) is 5.82 Å². The zero-order chi connectivity index (χ0) is 25.2. The van der Waals surface area contributed by atoms with Crippen molar-refractivity contribution in [3.63, 3.8) is 0 Å². The molecule has 0 aliphatic carbocycles. The lowest BCUT2D eigenvalue weighted by molar-refractivity contribution is -0.122. The summed E-state index contributed by atoms with van der Waals surface area (Å²) in [5, 5.41) is 3.23. The summed E-state index contributed by atoms with van der Waals surface area (Å²) in [6.45, 7) is 3.51. The summed E-state index contributed by atoms with van der Waals surface area (Å²) in [6.07, 6.45) is 4.06. The Bertz CT molecular complexity index is 1450. The van der Waals surface area contributed by atoms with E-state index < -0.39 is 0 Å². The van der Waals surface area contributed by atoms with Gasteiger partial charge in [0.1, 0.15) is 15.8 Å². The van der Waals surface area contributed by atoms with Crippen molar-refractivity contribution in [3.8, 4) is 11.5 Å². The first-order chi connectivity index (χ1) is 17.4. The van der Waals surface area contributed by atoms with Crippen molar-refractivity contribution in [2.75, 3.05) is 32.4 Å². The Balaban J connectivity index is 1.47. The van der Waals surface area contributed by atoms with Gasteiger partial charge >= 0.3 is 0 Å². The van der Waals surface area contributed by atoms with Crippen LogP contribution in [0.5, 0.6) is 11.5 Å². The number of thiocarbonyl (C=S) groups is 1. The van der Waals surface area contributed by atoms with E-state index in [1.165, 1.54) is 21.1 Å². The highest BCUT2D eigenvalue weighted by Crippen LogP contribution is 2.36. The molecular weight excluding hydrogens is 500 g/mol. The van der Waals surface area contributed by atoms with E-state index in [1.54, 1.807) is 25.4 Å². The van der Waals surface area contributed by atoms with Crippen LogP contribution < -0.4 is 20.3 Å². The molecule has 4 heterocycles. The van der Waals surface area contributed by atoms with Gasteiger partial charge in [-0.2, -0.15) is 0 Å². The largest absolute Gasteiger partial charge is 0.454 e. The van der Waals surface area contributed by atoms with E-state index in [-0.39, 0.29) is 24.8 Å². The second kappa shape index (κ2) is 10.3. The maximum absolute atomic E-state index is 13.5. The second-order valence-electron chi connectivity index (χ2n) is 8.34. The Labute approximate surface area is 217 Å². The predicted molar refractivity (Wildman–Crippen MR) is 142 cm³/mol. The van der Waals surface area contributed by atoms with Gasteiger partial charge in [0.05, 0.1) is 17.0 Å². The molecule has 186 valence electrons. The number of benzene rings is 1. The number of aryl methyl sites for hydroxylation is 1. The summed E-state index contributed by atoms with van der Waals surface area (Å²) in [7, 11) is 1.64. The maximum atomic E-state index is 13.5. The van der Waals surface area contributed by atoms with E-state index >= 15 is 0 Å². The minimum absolute atomic E-state index is 0.180. The predicted octanol–water partition coefficient (Wildman–Crippen LogP) is 3.58. The molecule has 2 aromatic heterocycles. The highest BCUT2D eigenvalue weighted by Gasteiger charge is 2.33. The van der Waals surface area contributed by atoms with Crippen LogP contribution in [-0.4, -0.2) is 51.6 Å². The number of aromatic nitrogens is 2. The number of fused-ring (bicyclic) bond motifs is 2. The van der Waals surface area contributed by atoms with Gasteiger partial charge in [0.15, 0.2) is 11.5 Å². The lowest BCUT2D eigenvalue weighted by atomic mass is 10.2. The van der Waals surface area contributed by atoms with E-state index in [0.29, 0.717) is 50.9 Å². The second-order valence-corrected chi connectivity index (χ2v) is 10.0. The van der Waals surface area contributed by atoms with Crippen LogP contribution in [0.1, 0.15) is 23.1 Å². The SMILES string of the molecule is COCCCNc1nc2ccc(C)cn2c(=O)c1/C=C1/SC(=S)N(Cc2ccc3c(c2)OCO3)C1=O. The number of nitrogens with one attached hydrogen (secondary N) is 1. The Morgan fingerprint density at radius 1 is 1.22 bits per heavy atom. The average Bonchev–Trinajstić information content (AvgIpc) is 3.44. The molecule has 36 heavy (non-hydrogen) atoms. The third-order valence-electron chi connectivity index (χ3n) is 5.75. The number of nitrogens with zero attached hydrogens (tertiary/aromatic N) is 3. The Kier molecular flexibility index (Phi) is 6.95. The fraction of sp³-hybridized carbons (Fsp3) is 0.280. The van der Waals surface area contributed by atoms with Gasteiger partial charge in [0.2, 0.25) is 6.79 Å². The molecule has 0 bridgehead atoms. The monoisotopic (exact) mass is 524 g/mol. The molecule has 1 aromatic carbocycles. The van der Waals surface area contributed by atoms with E-state index in [4.69, 9.17) is 26.4 Å². The Morgan fingerprint density at radius 3 is 2.89 bits per heavy atom. The van der Waals surface area contributed by atoms with Gasteiger partial charge in [-0.25, -0.2) is 4.98 Å². The van der Waals surface area contributed by atoms with Crippen molar-refractivity contribution >= 4 is 51.7 Å². The first-order valence-electron chi connectivity index (χ1n) is 11.3. The number of ether oxygens (including phenoxy) is 3. The van der Waals surface area contributed by atoms with Crippen molar-refractivity contribution in [2.45, 2.75) is 19.9 Å². The number of hydrogen-bond donors (Lipinski definition) is 1. The number of pyridine rings is 1. The van der Waals surface area contributed by atoms with E-state index in [1.807, 2.05) is 31.2 Å². The quantitative estimate of drug-likeness (QED) is 0.270.